The first kappa shape index (κ1) is 18.4. The topological polar surface area (TPSA) is 96.2 Å². The summed E-state index contributed by atoms with van der Waals surface area (Å²) in [5.41, 5.74) is 5.00. The van der Waals surface area contributed by atoms with Crippen LogP contribution in [0.4, 0.5) is 4.79 Å². The first-order valence-corrected chi connectivity index (χ1v) is 5.52. The van der Waals surface area contributed by atoms with Crippen LogP contribution in [0.3, 0.4) is 0 Å². The Labute approximate surface area is 108 Å². The molecule has 0 aliphatic rings. The smallest absolute Gasteiger partial charge is 0.312 e. The van der Waals surface area contributed by atoms with Gasteiger partial charge in [-0.1, -0.05) is 13.3 Å². The lowest BCUT2D eigenvalue weighted by Gasteiger charge is -2.18. The number of primary amides is 1. The molecule has 3 amide bonds. The molecule has 5 N–H and O–H groups in total. The van der Waals surface area contributed by atoms with E-state index in [1.54, 1.807) is 0 Å². The number of likely N-dealkylation sites (N-methyl/N-ethyl adjacent to an activating group) is 1. The molecule has 0 fully saturated rings. The summed E-state index contributed by atoms with van der Waals surface area (Å²) in [5.74, 6) is -0.192. The third kappa shape index (κ3) is 8.76. The molecule has 0 radical (unpaired) electrons. The van der Waals surface area contributed by atoms with Gasteiger partial charge in [-0.05, 0) is 20.4 Å². The molecule has 0 saturated heterocycles. The van der Waals surface area contributed by atoms with Crippen molar-refractivity contribution in [3.63, 3.8) is 0 Å². The first-order chi connectivity index (χ1) is 7.51. The van der Waals surface area contributed by atoms with Gasteiger partial charge in [-0.2, -0.15) is 0 Å². The lowest BCUT2D eigenvalue weighted by molar-refractivity contribution is -0.123. The number of nitrogens with two attached hydrogens (primary N) is 1. The molecule has 2 atom stereocenters. The second-order valence-corrected chi connectivity index (χ2v) is 3.78. The molecular weight excluding hydrogens is 244 g/mol. The van der Waals surface area contributed by atoms with Crippen LogP contribution in [0.1, 0.15) is 26.7 Å². The summed E-state index contributed by atoms with van der Waals surface area (Å²) < 4.78 is 0. The number of hydrogen-bond donors (Lipinski definition) is 4. The molecule has 0 aliphatic carbocycles. The second-order valence-electron chi connectivity index (χ2n) is 3.78. The quantitative estimate of drug-likeness (QED) is 0.521. The highest BCUT2D eigenvalue weighted by atomic mass is 35.5. The van der Waals surface area contributed by atoms with Crippen LogP contribution < -0.4 is 21.7 Å². The second kappa shape index (κ2) is 10.2. The van der Waals surface area contributed by atoms with Gasteiger partial charge < -0.3 is 21.7 Å². The molecule has 7 heteroatoms. The fourth-order valence-corrected chi connectivity index (χ4v) is 1.21. The maximum Gasteiger partial charge on any atom is 0.312 e. The normalized spacial score (nSPS) is 13.1. The van der Waals surface area contributed by atoms with Gasteiger partial charge in [0.15, 0.2) is 0 Å². The number of rotatable bonds is 7. The molecule has 17 heavy (non-hydrogen) atoms. The van der Waals surface area contributed by atoms with Crippen LogP contribution in [-0.4, -0.2) is 37.6 Å². The van der Waals surface area contributed by atoms with E-state index in [4.69, 9.17) is 5.73 Å². The van der Waals surface area contributed by atoms with E-state index in [0.717, 1.165) is 6.42 Å². The third-order valence-corrected chi connectivity index (χ3v) is 2.29. The number of nitrogens with one attached hydrogen (secondary N) is 3. The number of urea groups is 1. The number of halogens is 1. The van der Waals surface area contributed by atoms with Crippen LogP contribution in [0.2, 0.25) is 0 Å². The molecule has 0 aliphatic heterocycles. The Morgan fingerprint density at radius 3 is 2.35 bits per heavy atom. The number of amides is 3. The van der Waals surface area contributed by atoms with E-state index in [-0.39, 0.29) is 24.4 Å². The van der Waals surface area contributed by atoms with Gasteiger partial charge in [-0.15, -0.1) is 12.4 Å². The van der Waals surface area contributed by atoms with E-state index in [2.05, 4.69) is 16.0 Å². The van der Waals surface area contributed by atoms with Crippen molar-refractivity contribution in [3.8, 4) is 0 Å². The fraction of sp³-hybridized carbons (Fsp3) is 0.800. The predicted molar refractivity (Wildman–Crippen MR) is 70.2 cm³/mol. The molecule has 0 aromatic carbocycles. The van der Waals surface area contributed by atoms with Crippen LogP contribution in [-0.2, 0) is 4.79 Å². The van der Waals surface area contributed by atoms with Gasteiger partial charge in [0.25, 0.3) is 0 Å². The van der Waals surface area contributed by atoms with Crippen molar-refractivity contribution >= 4 is 24.3 Å². The summed E-state index contributed by atoms with van der Waals surface area (Å²) in [6.07, 6.45) is 1.39. The Bertz CT molecular complexity index is 238. The van der Waals surface area contributed by atoms with Crippen molar-refractivity contribution in [1.29, 1.82) is 0 Å². The molecule has 0 spiro atoms. The lowest BCUT2D eigenvalue weighted by atomic mass is 10.1. The number of hydrogen-bond acceptors (Lipinski definition) is 3. The molecule has 0 rings (SSSR count). The largest absolute Gasteiger partial charge is 0.353 e. The predicted octanol–water partition coefficient (Wildman–Crippen LogP) is -0.0307. The van der Waals surface area contributed by atoms with Crippen molar-refractivity contribution in [1.82, 2.24) is 16.0 Å². The maximum absolute atomic E-state index is 11.7. The Morgan fingerprint density at radius 2 is 1.94 bits per heavy atom. The SMILES string of the molecule is CCC[C@@H](NC(N)=O)C(=O)NCC(C)NC.Cl. The summed E-state index contributed by atoms with van der Waals surface area (Å²) in [6.45, 7) is 4.42. The van der Waals surface area contributed by atoms with Crippen LogP contribution in [0.5, 0.6) is 0 Å². The average molecular weight is 267 g/mol. The molecule has 0 saturated carbocycles. The zero-order valence-electron chi connectivity index (χ0n) is 10.6. The maximum atomic E-state index is 11.7. The number of carbonyl (C=O) groups excluding carboxylic acids is 2. The summed E-state index contributed by atoms with van der Waals surface area (Å²) in [5, 5.41) is 8.19. The van der Waals surface area contributed by atoms with Crippen LogP contribution in [0.15, 0.2) is 0 Å². The van der Waals surface area contributed by atoms with Crippen LogP contribution in [0, 0.1) is 0 Å². The van der Waals surface area contributed by atoms with Crippen LogP contribution >= 0.6 is 12.4 Å². The van der Waals surface area contributed by atoms with Gasteiger partial charge in [-0.25, -0.2) is 4.79 Å². The average Bonchev–Trinajstić information content (AvgIpc) is 2.24. The molecule has 0 aromatic heterocycles. The van der Waals surface area contributed by atoms with Crippen molar-refractivity contribution in [2.24, 2.45) is 5.73 Å². The number of carbonyl (C=O) groups is 2. The van der Waals surface area contributed by atoms with Crippen molar-refractivity contribution < 1.29 is 9.59 Å². The van der Waals surface area contributed by atoms with E-state index in [9.17, 15) is 9.59 Å². The minimum Gasteiger partial charge on any atom is -0.353 e. The summed E-state index contributed by atoms with van der Waals surface area (Å²) in [4.78, 5) is 22.4. The summed E-state index contributed by atoms with van der Waals surface area (Å²) >= 11 is 0. The van der Waals surface area contributed by atoms with Gasteiger partial charge in [-0.3, -0.25) is 4.79 Å². The van der Waals surface area contributed by atoms with E-state index in [1.807, 2.05) is 20.9 Å². The fourth-order valence-electron chi connectivity index (χ4n) is 1.21. The Kier molecular flexibility index (Phi) is 11.0. The van der Waals surface area contributed by atoms with E-state index >= 15 is 0 Å². The molecule has 102 valence electrons. The van der Waals surface area contributed by atoms with Gasteiger partial charge in [0.2, 0.25) is 5.91 Å². The first-order valence-electron chi connectivity index (χ1n) is 5.52. The lowest BCUT2D eigenvalue weighted by Crippen LogP contribution is -2.50. The van der Waals surface area contributed by atoms with Gasteiger partial charge in [0, 0.05) is 12.6 Å². The molecular formula is C10H23ClN4O2. The highest BCUT2D eigenvalue weighted by molar-refractivity contribution is 5.86. The third-order valence-electron chi connectivity index (χ3n) is 2.29. The van der Waals surface area contributed by atoms with Crippen molar-refractivity contribution in [2.75, 3.05) is 13.6 Å². The zero-order chi connectivity index (χ0) is 12.6. The van der Waals surface area contributed by atoms with E-state index < -0.39 is 12.1 Å². The minimum atomic E-state index is -0.671. The van der Waals surface area contributed by atoms with Gasteiger partial charge in [0.1, 0.15) is 6.04 Å². The molecule has 0 bridgehead atoms. The van der Waals surface area contributed by atoms with Crippen molar-refractivity contribution in [2.45, 2.75) is 38.8 Å². The zero-order valence-corrected chi connectivity index (χ0v) is 11.4. The monoisotopic (exact) mass is 266 g/mol. The molecule has 6 nitrogen and oxygen atoms in total. The highest BCUT2D eigenvalue weighted by Crippen LogP contribution is 1.96. The minimum absolute atomic E-state index is 0. The van der Waals surface area contributed by atoms with Gasteiger partial charge >= 0.3 is 6.03 Å². The Hall–Kier alpha value is -1.01. The van der Waals surface area contributed by atoms with Crippen LogP contribution in [0.25, 0.3) is 0 Å². The molecule has 0 heterocycles. The van der Waals surface area contributed by atoms with E-state index in [0.29, 0.717) is 13.0 Å². The highest BCUT2D eigenvalue weighted by Gasteiger charge is 2.18. The van der Waals surface area contributed by atoms with Crippen molar-refractivity contribution in [3.05, 3.63) is 0 Å². The Balaban J connectivity index is 0. The van der Waals surface area contributed by atoms with Gasteiger partial charge in [0.05, 0.1) is 0 Å². The van der Waals surface area contributed by atoms with E-state index in [1.165, 1.54) is 0 Å². The molecule has 1 unspecified atom stereocenters. The Morgan fingerprint density at radius 1 is 1.35 bits per heavy atom. The standard InChI is InChI=1S/C10H22N4O2.ClH/c1-4-5-8(14-10(11)16)9(15)13-6-7(2)12-3;/h7-8,12H,4-6H2,1-3H3,(H,13,15)(H3,11,14,16);1H/t7?,8-;/m1./s1. The summed E-state index contributed by atoms with van der Waals surface area (Å²) in [7, 11) is 1.82. The molecule has 0 aromatic rings. The summed E-state index contributed by atoms with van der Waals surface area (Å²) in [6, 6.07) is -1.01.